The molecule has 12 aromatic rings. The maximum Gasteiger partial charge on any atom is 0.0540 e. The number of hydrogen-bond donors (Lipinski definition) is 0. The number of para-hydroxylation sites is 1. The summed E-state index contributed by atoms with van der Waals surface area (Å²) in [7, 11) is 0. The van der Waals surface area contributed by atoms with Crippen molar-refractivity contribution in [2.24, 2.45) is 0 Å². The first kappa shape index (κ1) is 36.6. The number of fused-ring (bicyclic) bond motifs is 8. The molecule has 0 radical (unpaired) electrons. The number of benzene rings is 12. The minimum Gasteiger partial charge on any atom is -0.310 e. The summed E-state index contributed by atoms with van der Waals surface area (Å²) in [6.07, 6.45) is 0. The molecular weight excluding hydrogens is 759 g/mol. The molecule has 0 N–H and O–H groups in total. The van der Waals surface area contributed by atoms with Crippen molar-refractivity contribution in [2.45, 2.75) is 0 Å². The number of hydrogen-bond acceptors (Lipinski definition) is 1. The molecule has 0 saturated carbocycles. The van der Waals surface area contributed by atoms with Crippen LogP contribution < -0.4 is 4.90 Å². The average Bonchev–Trinajstić information content (AvgIpc) is 3.37. The lowest BCUT2D eigenvalue weighted by Gasteiger charge is -2.27. The summed E-state index contributed by atoms with van der Waals surface area (Å²) in [5.41, 5.74) is 13.2. The van der Waals surface area contributed by atoms with E-state index in [1.54, 1.807) is 0 Å². The van der Waals surface area contributed by atoms with E-state index in [9.17, 15) is 0 Å². The van der Waals surface area contributed by atoms with Crippen LogP contribution in [0.15, 0.2) is 249 Å². The molecule has 12 rings (SSSR count). The van der Waals surface area contributed by atoms with Crippen LogP contribution in [0.2, 0.25) is 0 Å². The van der Waals surface area contributed by atoms with Gasteiger partial charge < -0.3 is 4.90 Å². The lowest BCUT2D eigenvalue weighted by Crippen LogP contribution is -2.10. The summed E-state index contributed by atoms with van der Waals surface area (Å²) in [5.74, 6) is 0. The van der Waals surface area contributed by atoms with E-state index >= 15 is 0 Å². The van der Waals surface area contributed by atoms with Gasteiger partial charge in [-0.2, -0.15) is 0 Å². The summed E-state index contributed by atoms with van der Waals surface area (Å²) in [5, 5.41) is 12.4. The number of nitrogens with zero attached hydrogens (tertiary/aromatic N) is 1. The maximum atomic E-state index is 2.44. The lowest BCUT2D eigenvalue weighted by atomic mass is 9.81. The van der Waals surface area contributed by atoms with Crippen molar-refractivity contribution in [3.8, 4) is 44.5 Å². The van der Waals surface area contributed by atoms with Crippen LogP contribution in [0.4, 0.5) is 17.1 Å². The zero-order valence-corrected chi connectivity index (χ0v) is 34.6. The highest BCUT2D eigenvalue weighted by Crippen LogP contribution is 2.49. The third kappa shape index (κ3) is 6.33. The molecule has 0 aliphatic heterocycles. The second-order valence-corrected chi connectivity index (χ2v) is 16.4. The monoisotopic (exact) mass is 799 g/mol. The van der Waals surface area contributed by atoms with E-state index in [4.69, 9.17) is 0 Å². The van der Waals surface area contributed by atoms with Gasteiger partial charge in [0.25, 0.3) is 0 Å². The Kier molecular flexibility index (Phi) is 8.90. The van der Waals surface area contributed by atoms with Gasteiger partial charge in [-0.1, -0.05) is 200 Å². The van der Waals surface area contributed by atoms with Gasteiger partial charge in [0.05, 0.1) is 5.69 Å². The average molecular weight is 800 g/mol. The summed E-state index contributed by atoms with van der Waals surface area (Å²) < 4.78 is 0. The largest absolute Gasteiger partial charge is 0.310 e. The zero-order chi connectivity index (χ0) is 41.7. The van der Waals surface area contributed by atoms with Crippen molar-refractivity contribution >= 4 is 70.9 Å². The van der Waals surface area contributed by atoms with Gasteiger partial charge in [0, 0.05) is 16.8 Å². The zero-order valence-electron chi connectivity index (χ0n) is 34.6. The van der Waals surface area contributed by atoms with Gasteiger partial charge in [0.1, 0.15) is 0 Å². The summed E-state index contributed by atoms with van der Waals surface area (Å²) in [6, 6.07) is 91.0. The SMILES string of the molecule is c1ccc(-c2cc(-c3ccccc3)c3c4ccc(-c5ccc6cc(N(c7ccccc7)c7cccc8ccccc78)ccc6c5)cc4c4ccccc4c3c2-c2ccccc2)cc1. The number of rotatable bonds is 7. The number of anilines is 3. The first-order valence-corrected chi connectivity index (χ1v) is 21.8. The fourth-order valence-electron chi connectivity index (χ4n) is 9.89. The molecule has 0 amide bonds. The predicted molar refractivity (Wildman–Crippen MR) is 270 cm³/mol. The molecule has 0 aliphatic carbocycles. The standard InChI is InChI=1S/C62H41N/c1-5-18-43(19-6-1)56-41-57(44-20-7-2-8-21-44)61-55-37-35-49(40-58(55)53-29-15-16-30-54(53)62(61)60(56)45-23-9-3-10-24-45)46-32-33-48-39-51(36-34-47(48)38-46)63(50-26-11-4-12-27-50)59-31-17-25-42-22-13-14-28-52(42)59/h1-41H. The van der Waals surface area contributed by atoms with E-state index in [1.807, 2.05) is 0 Å². The van der Waals surface area contributed by atoms with Crippen molar-refractivity contribution in [2.75, 3.05) is 4.90 Å². The molecular formula is C62H41N. The van der Waals surface area contributed by atoms with Gasteiger partial charge in [-0.3, -0.25) is 0 Å². The molecule has 63 heavy (non-hydrogen) atoms. The molecule has 0 aromatic heterocycles. The second-order valence-electron chi connectivity index (χ2n) is 16.4. The minimum absolute atomic E-state index is 1.13. The van der Waals surface area contributed by atoms with Gasteiger partial charge in [0.2, 0.25) is 0 Å². The van der Waals surface area contributed by atoms with Crippen LogP contribution in [-0.2, 0) is 0 Å². The molecule has 0 fully saturated rings. The lowest BCUT2D eigenvalue weighted by molar-refractivity contribution is 1.30. The van der Waals surface area contributed by atoms with Crippen LogP contribution >= 0.6 is 0 Å². The highest BCUT2D eigenvalue weighted by atomic mass is 15.1. The third-order valence-corrected chi connectivity index (χ3v) is 12.8. The molecule has 0 atom stereocenters. The maximum absolute atomic E-state index is 2.44. The van der Waals surface area contributed by atoms with Gasteiger partial charge in [-0.15, -0.1) is 0 Å². The van der Waals surface area contributed by atoms with E-state index in [0.717, 1.165) is 17.1 Å². The van der Waals surface area contributed by atoms with E-state index in [-0.39, 0.29) is 0 Å². The van der Waals surface area contributed by atoms with E-state index < -0.39 is 0 Å². The predicted octanol–water partition coefficient (Wildman–Crippen LogP) is 17.6. The molecule has 0 spiro atoms. The Bertz CT molecular complexity index is 3650. The van der Waals surface area contributed by atoms with Gasteiger partial charge >= 0.3 is 0 Å². The molecule has 0 unspecified atom stereocenters. The van der Waals surface area contributed by atoms with Crippen LogP contribution in [0.1, 0.15) is 0 Å². The quantitative estimate of drug-likeness (QED) is 0.145. The molecule has 1 heteroatoms. The Morgan fingerprint density at radius 1 is 0.238 bits per heavy atom. The van der Waals surface area contributed by atoms with Crippen LogP contribution in [0, 0.1) is 0 Å². The van der Waals surface area contributed by atoms with E-state index in [0.29, 0.717) is 0 Å². The van der Waals surface area contributed by atoms with Crippen LogP contribution in [0.3, 0.4) is 0 Å². The Labute approximate surface area is 367 Å². The Morgan fingerprint density at radius 2 is 0.778 bits per heavy atom. The molecule has 0 saturated heterocycles. The Balaban J connectivity index is 1.06. The second kappa shape index (κ2) is 15.3. The van der Waals surface area contributed by atoms with Crippen LogP contribution in [-0.4, -0.2) is 0 Å². The van der Waals surface area contributed by atoms with Gasteiger partial charge in [0.15, 0.2) is 0 Å². The van der Waals surface area contributed by atoms with E-state index in [2.05, 4.69) is 254 Å². The Hall–Kier alpha value is -8.26. The molecule has 0 heterocycles. The first-order valence-electron chi connectivity index (χ1n) is 21.8. The van der Waals surface area contributed by atoms with Crippen LogP contribution in [0.5, 0.6) is 0 Å². The van der Waals surface area contributed by atoms with Crippen molar-refractivity contribution in [1.82, 2.24) is 0 Å². The molecule has 0 aliphatic rings. The molecule has 12 aromatic carbocycles. The van der Waals surface area contributed by atoms with Gasteiger partial charge in [-0.25, -0.2) is 0 Å². The summed E-state index contributed by atoms with van der Waals surface area (Å²) in [6.45, 7) is 0. The van der Waals surface area contributed by atoms with Gasteiger partial charge in [-0.05, 0) is 142 Å². The Morgan fingerprint density at radius 3 is 1.52 bits per heavy atom. The van der Waals surface area contributed by atoms with Crippen LogP contribution in [0.25, 0.3) is 98.4 Å². The third-order valence-electron chi connectivity index (χ3n) is 12.8. The van der Waals surface area contributed by atoms with E-state index in [1.165, 1.54) is 98.4 Å². The fraction of sp³-hybridized carbons (Fsp3) is 0. The summed E-state index contributed by atoms with van der Waals surface area (Å²) in [4.78, 5) is 2.38. The van der Waals surface area contributed by atoms with Crippen molar-refractivity contribution in [1.29, 1.82) is 0 Å². The first-order chi connectivity index (χ1) is 31.3. The smallest absolute Gasteiger partial charge is 0.0540 e. The molecule has 0 bridgehead atoms. The van der Waals surface area contributed by atoms with Crippen molar-refractivity contribution in [3.05, 3.63) is 249 Å². The van der Waals surface area contributed by atoms with Crippen molar-refractivity contribution < 1.29 is 0 Å². The van der Waals surface area contributed by atoms with Crippen molar-refractivity contribution in [3.63, 3.8) is 0 Å². The highest BCUT2D eigenvalue weighted by Gasteiger charge is 2.22. The molecule has 1 nitrogen and oxygen atoms in total. The topological polar surface area (TPSA) is 3.24 Å². The molecule has 294 valence electrons. The summed E-state index contributed by atoms with van der Waals surface area (Å²) >= 11 is 0. The highest BCUT2D eigenvalue weighted by molar-refractivity contribution is 6.33. The normalized spacial score (nSPS) is 11.5. The minimum atomic E-state index is 1.13. The fourth-order valence-corrected chi connectivity index (χ4v) is 9.89.